The SMILES string of the molecule is C=C(C)C12[C@@H]3C=C(COC(c4ccccc4)(c4ccccc4)c4ccccc4)C[C@]4(O[Si](C)(C)C)C(=O)C(C)C=C4[C@@]3(O)[C@H](C)CC1(O[Si](C)(C)C)C2(C)C. The average molecular weight is 775 g/mol. The summed E-state index contributed by atoms with van der Waals surface area (Å²) in [4.78, 5) is 14.9. The zero-order chi connectivity index (χ0) is 40.0. The molecule has 1 N–H and O–H groups in total. The van der Waals surface area contributed by atoms with Gasteiger partial charge in [-0.25, -0.2) is 0 Å². The summed E-state index contributed by atoms with van der Waals surface area (Å²) in [7, 11) is -4.49. The van der Waals surface area contributed by atoms with Crippen LogP contribution in [-0.4, -0.2) is 50.9 Å². The summed E-state index contributed by atoms with van der Waals surface area (Å²) >= 11 is 0. The molecule has 3 unspecified atom stereocenters. The van der Waals surface area contributed by atoms with Crippen molar-refractivity contribution in [1.82, 2.24) is 0 Å². The van der Waals surface area contributed by atoms with Crippen LogP contribution >= 0.6 is 0 Å². The molecular formula is C48H62O5Si2. The predicted octanol–water partition coefficient (Wildman–Crippen LogP) is 10.6. The fourth-order valence-corrected chi connectivity index (χ4v) is 14.7. The van der Waals surface area contributed by atoms with Crippen LogP contribution in [0, 0.1) is 28.6 Å². The van der Waals surface area contributed by atoms with Gasteiger partial charge in [0.2, 0.25) is 0 Å². The summed E-state index contributed by atoms with van der Waals surface area (Å²) in [5, 5.41) is 13.9. The van der Waals surface area contributed by atoms with Crippen molar-refractivity contribution in [3.63, 3.8) is 0 Å². The van der Waals surface area contributed by atoms with Gasteiger partial charge in [-0.1, -0.05) is 143 Å². The van der Waals surface area contributed by atoms with Gasteiger partial charge in [0, 0.05) is 29.1 Å². The number of hydrogen-bond acceptors (Lipinski definition) is 5. The van der Waals surface area contributed by atoms with E-state index in [0.717, 1.165) is 33.4 Å². The highest BCUT2D eigenvalue weighted by Crippen LogP contribution is 2.86. The molecule has 3 aromatic carbocycles. The number of hydrogen-bond donors (Lipinski definition) is 1. The molecule has 0 saturated heterocycles. The van der Waals surface area contributed by atoms with E-state index in [-0.39, 0.29) is 23.7 Å². The van der Waals surface area contributed by atoms with Crippen LogP contribution in [0.5, 0.6) is 0 Å². The first-order chi connectivity index (χ1) is 25.6. The topological polar surface area (TPSA) is 65.0 Å². The van der Waals surface area contributed by atoms with Crippen molar-refractivity contribution in [3.05, 3.63) is 143 Å². The molecular weight excluding hydrogens is 713 g/mol. The van der Waals surface area contributed by atoms with Gasteiger partial charge in [-0.2, -0.15) is 0 Å². The Balaban J connectivity index is 1.49. The standard InChI is InChI=1S/C48H62O5Si2/c1-33(2)48-41-29-36(32-51-47(37-22-16-13-17-23-37,38-24-18-14-19-25-38)39-26-20-15-21-27-39)31-44(52-54(7,8)9)40(28-34(3)42(44)49)46(41,50)35(4)30-45(48,43(48,5)6)53-55(10,11)12/h13-29,34-35,41,50H,1,30-32H2,2-12H3/t34?,35-,41-,44-,45?,46+,48?/m1/s1. The van der Waals surface area contributed by atoms with Gasteiger partial charge >= 0.3 is 0 Å². The van der Waals surface area contributed by atoms with Gasteiger partial charge in [-0.3, -0.25) is 4.79 Å². The number of aliphatic hydroxyl groups is 1. The van der Waals surface area contributed by atoms with E-state index in [4.69, 9.17) is 20.2 Å². The van der Waals surface area contributed by atoms with E-state index in [0.29, 0.717) is 12.8 Å². The Kier molecular flexibility index (Phi) is 9.60. The van der Waals surface area contributed by atoms with E-state index in [1.54, 1.807) is 0 Å². The first-order valence-electron chi connectivity index (χ1n) is 20.2. The van der Waals surface area contributed by atoms with Crippen LogP contribution in [0.4, 0.5) is 0 Å². The molecule has 55 heavy (non-hydrogen) atoms. The number of Topliss-reactive ketones (excluding diaryl/α,β-unsaturated/α-hetero) is 1. The van der Waals surface area contributed by atoms with Crippen LogP contribution in [0.2, 0.25) is 39.3 Å². The van der Waals surface area contributed by atoms with Crippen LogP contribution in [0.1, 0.15) is 64.2 Å². The molecule has 2 fully saturated rings. The Bertz CT molecular complexity index is 1930. The van der Waals surface area contributed by atoms with Gasteiger partial charge < -0.3 is 18.7 Å². The number of fused-ring (bicyclic) bond motifs is 5. The number of carbonyl (C=O) groups is 1. The smallest absolute Gasteiger partial charge is 0.185 e. The summed E-state index contributed by atoms with van der Waals surface area (Å²) in [5.74, 6) is -1.06. The Hall–Kier alpha value is -3.18. The number of ether oxygens (including phenoxy) is 1. The van der Waals surface area contributed by atoms with E-state index >= 15 is 0 Å². The molecule has 0 amide bonds. The third-order valence-corrected chi connectivity index (χ3v) is 15.4. The summed E-state index contributed by atoms with van der Waals surface area (Å²) < 4.78 is 22.2. The van der Waals surface area contributed by atoms with Crippen molar-refractivity contribution in [2.75, 3.05) is 6.61 Å². The van der Waals surface area contributed by atoms with Gasteiger partial charge in [-0.05, 0) is 86.4 Å². The highest BCUT2D eigenvalue weighted by atomic mass is 28.4. The van der Waals surface area contributed by atoms with E-state index < -0.39 is 56.3 Å². The van der Waals surface area contributed by atoms with Crippen LogP contribution in [-0.2, 0) is 24.0 Å². The highest BCUT2D eigenvalue weighted by Gasteiger charge is 2.90. The first kappa shape index (κ1) is 40.0. The maximum absolute atomic E-state index is 14.9. The van der Waals surface area contributed by atoms with Gasteiger partial charge in [0.15, 0.2) is 22.4 Å². The van der Waals surface area contributed by atoms with Crippen molar-refractivity contribution >= 4 is 22.4 Å². The minimum absolute atomic E-state index is 0.0205. The summed E-state index contributed by atoms with van der Waals surface area (Å²) in [6.07, 6.45) is 5.31. The quantitative estimate of drug-likeness (QED) is 0.119. The largest absolute Gasteiger partial charge is 0.411 e. The van der Waals surface area contributed by atoms with E-state index in [9.17, 15) is 9.90 Å². The van der Waals surface area contributed by atoms with E-state index in [1.165, 1.54) is 0 Å². The zero-order valence-electron chi connectivity index (χ0n) is 35.0. The van der Waals surface area contributed by atoms with Gasteiger partial charge in [0.1, 0.15) is 11.2 Å². The Labute approximate surface area is 332 Å². The third kappa shape index (κ3) is 5.70. The van der Waals surface area contributed by atoms with Gasteiger partial charge in [-0.15, -0.1) is 0 Å². The number of benzene rings is 3. The van der Waals surface area contributed by atoms with Crippen molar-refractivity contribution < 1.29 is 23.5 Å². The summed E-state index contributed by atoms with van der Waals surface area (Å²) in [5.41, 5.74) is 0.540. The molecule has 5 nitrogen and oxygen atoms in total. The Morgan fingerprint density at radius 3 is 1.71 bits per heavy atom. The molecule has 292 valence electrons. The fourth-order valence-electron chi connectivity index (χ4n) is 11.8. The number of allylic oxidation sites excluding steroid dienone is 1. The normalized spacial score (nSPS) is 32.7. The monoisotopic (exact) mass is 774 g/mol. The zero-order valence-corrected chi connectivity index (χ0v) is 37.0. The van der Waals surface area contributed by atoms with Crippen molar-refractivity contribution in [2.45, 2.75) is 109 Å². The lowest BCUT2D eigenvalue weighted by Gasteiger charge is -2.54. The van der Waals surface area contributed by atoms with Crippen molar-refractivity contribution in [1.29, 1.82) is 0 Å². The molecule has 0 bridgehead atoms. The van der Waals surface area contributed by atoms with Crippen LogP contribution in [0.15, 0.2) is 126 Å². The Morgan fingerprint density at radius 2 is 1.27 bits per heavy atom. The number of carbonyl (C=O) groups excluding carboxylic acids is 1. The summed E-state index contributed by atoms with van der Waals surface area (Å²) in [6.45, 7) is 29.0. The maximum Gasteiger partial charge on any atom is 0.185 e. The van der Waals surface area contributed by atoms with Crippen LogP contribution in [0.25, 0.3) is 0 Å². The van der Waals surface area contributed by atoms with Crippen LogP contribution in [0.3, 0.4) is 0 Å². The minimum atomic E-state index is -2.39. The number of ketones is 1. The van der Waals surface area contributed by atoms with Crippen molar-refractivity contribution in [2.24, 2.45) is 28.6 Å². The molecule has 7 rings (SSSR count). The second-order valence-electron chi connectivity index (χ2n) is 19.5. The molecule has 0 aromatic heterocycles. The lowest BCUT2D eigenvalue weighted by molar-refractivity contribution is -0.139. The summed E-state index contributed by atoms with van der Waals surface area (Å²) in [6, 6.07) is 31.2. The number of rotatable bonds is 11. The van der Waals surface area contributed by atoms with Gasteiger partial charge in [0.05, 0.1) is 17.8 Å². The molecule has 0 heterocycles. The molecule has 4 aliphatic rings. The van der Waals surface area contributed by atoms with Crippen molar-refractivity contribution in [3.8, 4) is 0 Å². The lowest BCUT2D eigenvalue weighted by atomic mass is 9.56. The molecule has 0 aliphatic heterocycles. The molecule has 7 heteroatoms. The molecule has 3 aromatic rings. The van der Waals surface area contributed by atoms with E-state index in [1.807, 2.05) is 25.1 Å². The minimum Gasteiger partial charge on any atom is -0.411 e. The second-order valence-corrected chi connectivity index (χ2v) is 28.4. The highest BCUT2D eigenvalue weighted by molar-refractivity contribution is 6.70. The van der Waals surface area contributed by atoms with E-state index in [2.05, 4.69) is 152 Å². The van der Waals surface area contributed by atoms with Gasteiger partial charge in [0.25, 0.3) is 0 Å². The third-order valence-electron chi connectivity index (χ3n) is 13.5. The van der Waals surface area contributed by atoms with Crippen LogP contribution < -0.4 is 0 Å². The molecule has 0 radical (unpaired) electrons. The predicted molar refractivity (Wildman–Crippen MR) is 228 cm³/mol. The Morgan fingerprint density at radius 1 is 0.800 bits per heavy atom. The average Bonchev–Trinajstić information content (AvgIpc) is 3.46. The molecule has 0 spiro atoms. The molecule has 2 saturated carbocycles. The molecule has 4 aliphatic carbocycles. The maximum atomic E-state index is 14.9. The second kappa shape index (κ2) is 13.2. The first-order valence-corrected chi connectivity index (χ1v) is 27.0. The molecule has 7 atom stereocenters. The fraction of sp³-hybridized carbons (Fsp3) is 0.479. The lowest BCUT2D eigenvalue weighted by Crippen LogP contribution is -2.62.